The maximum absolute atomic E-state index is 12.5. The lowest BCUT2D eigenvalue weighted by Gasteiger charge is -2.37. The summed E-state index contributed by atoms with van der Waals surface area (Å²) in [5.74, 6) is -0.699. The fourth-order valence-electron chi connectivity index (χ4n) is 3.37. The van der Waals surface area contributed by atoms with E-state index in [9.17, 15) is 16.8 Å². The molecule has 2 heterocycles. The number of fused-ring (bicyclic) bond motifs is 2. The van der Waals surface area contributed by atoms with Gasteiger partial charge in [-0.2, -0.15) is 16.8 Å². The Morgan fingerprint density at radius 2 is 1.24 bits per heavy atom. The minimum atomic E-state index is -4.54. The van der Waals surface area contributed by atoms with Crippen molar-refractivity contribution in [2.24, 2.45) is 5.92 Å². The summed E-state index contributed by atoms with van der Waals surface area (Å²) in [6, 6.07) is 12.2. The molecule has 0 aliphatic carbocycles. The van der Waals surface area contributed by atoms with Gasteiger partial charge in [0.2, 0.25) is 0 Å². The second kappa shape index (κ2) is 9.77. The Morgan fingerprint density at radius 1 is 0.788 bits per heavy atom. The maximum atomic E-state index is 12.5. The summed E-state index contributed by atoms with van der Waals surface area (Å²) in [7, 11) is -9.06. The standard InChI is InChI=1S/C19H18Br2O10S2/c1-11-17(30-32(22,23)28-14-6-2-12(20)3-7-14)16-10-26-19(27-16)18(11)31-33(24,25)29-15-8-4-13(21)5-9-15/h2-9,11,16-19H,10H2,1H3/t11-,16?,17-,18?,19+/m0/s1. The van der Waals surface area contributed by atoms with Gasteiger partial charge in [0, 0.05) is 14.9 Å². The molecule has 14 heteroatoms. The van der Waals surface area contributed by atoms with Crippen molar-refractivity contribution in [2.75, 3.05) is 6.61 Å². The van der Waals surface area contributed by atoms with Gasteiger partial charge in [-0.15, -0.1) is 0 Å². The van der Waals surface area contributed by atoms with Crippen LogP contribution in [0.2, 0.25) is 0 Å². The summed E-state index contributed by atoms with van der Waals surface area (Å²) >= 11 is 6.49. The third kappa shape index (κ3) is 6.25. The molecule has 2 aromatic rings. The predicted octanol–water partition coefficient (Wildman–Crippen LogP) is 3.32. The summed E-state index contributed by atoms with van der Waals surface area (Å²) in [4.78, 5) is 0. The van der Waals surface area contributed by atoms with Gasteiger partial charge in [0.15, 0.2) is 6.29 Å². The Labute approximate surface area is 208 Å². The van der Waals surface area contributed by atoms with Crippen LogP contribution in [0, 0.1) is 5.92 Å². The molecule has 2 fully saturated rings. The largest absolute Gasteiger partial charge is 0.449 e. The molecule has 0 N–H and O–H groups in total. The van der Waals surface area contributed by atoms with Crippen LogP contribution in [-0.2, 0) is 38.6 Å². The maximum Gasteiger partial charge on any atom is 0.449 e. The summed E-state index contributed by atoms with van der Waals surface area (Å²) in [5.41, 5.74) is 0. The topological polar surface area (TPSA) is 124 Å². The highest BCUT2D eigenvalue weighted by molar-refractivity contribution is 9.10. The molecule has 180 valence electrons. The first-order valence-corrected chi connectivity index (χ1v) is 13.8. The summed E-state index contributed by atoms with van der Waals surface area (Å²) in [6.07, 6.45) is -4.15. The van der Waals surface area contributed by atoms with Crippen molar-refractivity contribution in [3.8, 4) is 11.5 Å². The number of halogens is 2. The lowest BCUT2D eigenvalue weighted by atomic mass is 9.92. The van der Waals surface area contributed by atoms with Crippen LogP contribution in [0.25, 0.3) is 0 Å². The Bertz CT molecular complexity index is 1090. The first-order valence-electron chi connectivity index (χ1n) is 9.55. The fourth-order valence-corrected chi connectivity index (χ4v) is 5.78. The summed E-state index contributed by atoms with van der Waals surface area (Å²) in [5, 5.41) is 0. The Kier molecular flexibility index (Phi) is 7.36. The molecule has 0 spiro atoms. The molecule has 2 aromatic carbocycles. The minimum absolute atomic E-state index is 0.0129. The quantitative estimate of drug-likeness (QED) is 0.429. The zero-order valence-corrected chi connectivity index (χ0v) is 21.7. The van der Waals surface area contributed by atoms with E-state index in [-0.39, 0.29) is 18.1 Å². The molecule has 0 radical (unpaired) electrons. The van der Waals surface area contributed by atoms with Gasteiger partial charge >= 0.3 is 20.8 Å². The third-order valence-electron chi connectivity index (χ3n) is 4.89. The van der Waals surface area contributed by atoms with Gasteiger partial charge in [-0.25, -0.2) is 8.37 Å². The molecule has 33 heavy (non-hydrogen) atoms. The van der Waals surface area contributed by atoms with E-state index in [0.717, 1.165) is 8.95 Å². The second-order valence-electron chi connectivity index (χ2n) is 7.25. The van der Waals surface area contributed by atoms with Crippen LogP contribution in [0.3, 0.4) is 0 Å². The van der Waals surface area contributed by atoms with E-state index >= 15 is 0 Å². The molecule has 0 amide bonds. The van der Waals surface area contributed by atoms with E-state index in [4.69, 9.17) is 26.2 Å². The molecule has 2 bridgehead atoms. The van der Waals surface area contributed by atoms with E-state index < -0.39 is 51.3 Å². The van der Waals surface area contributed by atoms with Crippen molar-refractivity contribution in [1.82, 2.24) is 0 Å². The summed E-state index contributed by atoms with van der Waals surface area (Å²) in [6.45, 7) is 1.55. The van der Waals surface area contributed by atoms with Gasteiger partial charge in [0.1, 0.15) is 29.8 Å². The molecule has 4 rings (SSSR count). The van der Waals surface area contributed by atoms with Gasteiger partial charge in [-0.3, -0.25) is 0 Å². The lowest BCUT2D eigenvalue weighted by Crippen LogP contribution is -2.52. The molecule has 0 saturated carbocycles. The molecular weight excluding hydrogens is 612 g/mol. The number of hydrogen-bond donors (Lipinski definition) is 0. The Morgan fingerprint density at radius 3 is 1.73 bits per heavy atom. The molecular formula is C19H18Br2O10S2. The van der Waals surface area contributed by atoms with Gasteiger partial charge in [-0.05, 0) is 48.5 Å². The van der Waals surface area contributed by atoms with E-state index in [1.54, 1.807) is 31.2 Å². The minimum Gasteiger partial charge on any atom is -0.362 e. The fraction of sp³-hybridized carbons (Fsp3) is 0.368. The van der Waals surface area contributed by atoms with E-state index in [1.165, 1.54) is 24.3 Å². The molecule has 0 aromatic heterocycles. The SMILES string of the molecule is C[C@@H]1C(OS(=O)(=O)Oc2ccc(Br)cc2)[C@@H]2OCC(O2)[C@H]1OS(=O)(=O)Oc1ccc(Br)cc1. The van der Waals surface area contributed by atoms with E-state index in [1.807, 2.05) is 0 Å². The van der Waals surface area contributed by atoms with Crippen molar-refractivity contribution in [1.29, 1.82) is 0 Å². The molecule has 10 nitrogen and oxygen atoms in total. The predicted molar refractivity (Wildman–Crippen MR) is 121 cm³/mol. The van der Waals surface area contributed by atoms with Gasteiger partial charge in [-0.1, -0.05) is 38.8 Å². The molecule has 2 saturated heterocycles. The van der Waals surface area contributed by atoms with Gasteiger partial charge in [0.05, 0.1) is 6.61 Å². The third-order valence-corrected chi connectivity index (χ3v) is 7.65. The highest BCUT2D eigenvalue weighted by Gasteiger charge is 2.53. The molecule has 2 aliphatic heterocycles. The number of rotatable bonds is 8. The van der Waals surface area contributed by atoms with Crippen LogP contribution in [0.4, 0.5) is 0 Å². The van der Waals surface area contributed by atoms with E-state index in [0.29, 0.717) is 0 Å². The van der Waals surface area contributed by atoms with Crippen molar-refractivity contribution < 1.29 is 43.0 Å². The normalized spacial score (nSPS) is 27.3. The number of hydrogen-bond acceptors (Lipinski definition) is 10. The summed E-state index contributed by atoms with van der Waals surface area (Å²) < 4.78 is 82.9. The van der Waals surface area contributed by atoms with E-state index in [2.05, 4.69) is 31.9 Å². The van der Waals surface area contributed by atoms with Crippen LogP contribution >= 0.6 is 31.9 Å². The first-order chi connectivity index (χ1) is 15.5. The lowest BCUT2D eigenvalue weighted by molar-refractivity contribution is -0.192. The second-order valence-corrected chi connectivity index (χ2v) is 11.4. The average molecular weight is 630 g/mol. The Hall–Kier alpha value is -1.26. The number of benzene rings is 2. The van der Waals surface area contributed by atoms with Gasteiger partial charge < -0.3 is 17.8 Å². The number of ether oxygens (including phenoxy) is 2. The monoisotopic (exact) mass is 628 g/mol. The average Bonchev–Trinajstić information content (AvgIpc) is 3.18. The van der Waals surface area contributed by atoms with Crippen LogP contribution in [0.5, 0.6) is 11.5 Å². The van der Waals surface area contributed by atoms with Crippen LogP contribution in [0.1, 0.15) is 6.92 Å². The van der Waals surface area contributed by atoms with Crippen LogP contribution in [0.15, 0.2) is 57.5 Å². The zero-order valence-electron chi connectivity index (χ0n) is 16.9. The van der Waals surface area contributed by atoms with Crippen molar-refractivity contribution in [2.45, 2.75) is 31.5 Å². The molecule has 2 aliphatic rings. The zero-order chi connectivity index (χ0) is 23.8. The van der Waals surface area contributed by atoms with Crippen molar-refractivity contribution in [3.63, 3.8) is 0 Å². The van der Waals surface area contributed by atoms with Crippen molar-refractivity contribution >= 4 is 52.7 Å². The van der Waals surface area contributed by atoms with Crippen LogP contribution < -0.4 is 8.37 Å². The highest BCUT2D eigenvalue weighted by Crippen LogP contribution is 2.37. The van der Waals surface area contributed by atoms with Crippen LogP contribution in [-0.4, -0.2) is 48.0 Å². The van der Waals surface area contributed by atoms with Gasteiger partial charge in [0.25, 0.3) is 0 Å². The Balaban J connectivity index is 1.47. The first kappa shape index (κ1) is 24.9. The highest BCUT2D eigenvalue weighted by atomic mass is 79.9. The molecule has 5 atom stereocenters. The molecule has 2 unspecified atom stereocenters. The smallest absolute Gasteiger partial charge is 0.362 e. The van der Waals surface area contributed by atoms with Crippen molar-refractivity contribution in [3.05, 3.63) is 57.5 Å².